The third kappa shape index (κ3) is 2.76. The molecule has 0 unspecified atom stereocenters. The summed E-state index contributed by atoms with van der Waals surface area (Å²) < 4.78 is 5.40. The zero-order valence-corrected chi connectivity index (χ0v) is 12.1. The Bertz CT molecular complexity index is 559. The van der Waals surface area contributed by atoms with Crippen molar-refractivity contribution in [2.45, 2.75) is 45.8 Å². The first-order valence-electron chi connectivity index (χ1n) is 6.57. The van der Waals surface area contributed by atoms with Crippen molar-refractivity contribution in [3.8, 4) is 0 Å². The van der Waals surface area contributed by atoms with Crippen molar-refractivity contribution < 1.29 is 19.4 Å². The number of hydrogen-bond acceptors (Lipinski definition) is 3. The largest absolute Gasteiger partial charge is 0.478 e. The van der Waals surface area contributed by atoms with Crippen LogP contribution >= 0.6 is 0 Å². The normalized spacial score (nSPS) is 17.8. The summed E-state index contributed by atoms with van der Waals surface area (Å²) in [5.74, 6) is -0.962. The SMILES string of the molecule is C[C@H]1Cc2cc(C(=O)O)ccc2N1C(=O)OC(C)(C)C. The Morgan fingerprint density at radius 2 is 2.00 bits per heavy atom. The predicted molar refractivity (Wildman–Crippen MR) is 75.3 cm³/mol. The summed E-state index contributed by atoms with van der Waals surface area (Å²) in [6.45, 7) is 7.38. The number of anilines is 1. The van der Waals surface area contributed by atoms with E-state index in [0.717, 1.165) is 11.3 Å². The smallest absolute Gasteiger partial charge is 0.415 e. The number of benzene rings is 1. The Morgan fingerprint density at radius 3 is 2.55 bits per heavy atom. The summed E-state index contributed by atoms with van der Waals surface area (Å²) in [5, 5.41) is 9.00. The lowest BCUT2D eigenvalue weighted by molar-refractivity contribution is 0.0571. The van der Waals surface area contributed by atoms with Crippen molar-refractivity contribution in [1.82, 2.24) is 0 Å². The molecule has 1 heterocycles. The molecular formula is C15H19NO4. The molecule has 5 heteroatoms. The molecule has 0 radical (unpaired) electrons. The maximum Gasteiger partial charge on any atom is 0.415 e. The van der Waals surface area contributed by atoms with Crippen LogP contribution in [0, 0.1) is 0 Å². The Morgan fingerprint density at radius 1 is 1.35 bits per heavy atom. The van der Waals surface area contributed by atoms with Crippen LogP contribution in [0.5, 0.6) is 0 Å². The van der Waals surface area contributed by atoms with E-state index in [9.17, 15) is 9.59 Å². The maximum atomic E-state index is 12.2. The number of carboxylic acid groups (broad SMARTS) is 1. The molecular weight excluding hydrogens is 258 g/mol. The standard InChI is InChI=1S/C15H19NO4/c1-9-7-11-8-10(13(17)18)5-6-12(11)16(9)14(19)20-15(2,3)4/h5-6,8-9H,7H2,1-4H3,(H,17,18)/t9-/m0/s1. The molecule has 1 N–H and O–H groups in total. The predicted octanol–water partition coefficient (Wildman–Crippen LogP) is 3.07. The third-order valence-corrected chi connectivity index (χ3v) is 3.13. The second kappa shape index (κ2) is 4.81. The molecule has 2 rings (SSSR count). The number of carboxylic acids is 1. The first-order valence-corrected chi connectivity index (χ1v) is 6.57. The van der Waals surface area contributed by atoms with Crippen LogP contribution in [-0.4, -0.2) is 28.8 Å². The number of fused-ring (bicyclic) bond motifs is 1. The number of rotatable bonds is 1. The van der Waals surface area contributed by atoms with Crippen molar-refractivity contribution in [2.75, 3.05) is 4.90 Å². The molecule has 1 aromatic rings. The van der Waals surface area contributed by atoms with Gasteiger partial charge in [-0.15, -0.1) is 0 Å². The van der Waals surface area contributed by atoms with Crippen molar-refractivity contribution in [2.24, 2.45) is 0 Å². The zero-order valence-electron chi connectivity index (χ0n) is 12.1. The van der Waals surface area contributed by atoms with Gasteiger partial charge in [0.05, 0.1) is 11.3 Å². The molecule has 0 saturated heterocycles. The van der Waals surface area contributed by atoms with Gasteiger partial charge >= 0.3 is 12.1 Å². The maximum absolute atomic E-state index is 12.2. The Hall–Kier alpha value is -2.04. The van der Waals surface area contributed by atoms with Crippen LogP contribution in [0.15, 0.2) is 18.2 Å². The fourth-order valence-corrected chi connectivity index (χ4v) is 2.35. The van der Waals surface area contributed by atoms with Crippen LogP contribution in [0.1, 0.15) is 43.6 Å². The van der Waals surface area contributed by atoms with E-state index in [4.69, 9.17) is 9.84 Å². The molecule has 20 heavy (non-hydrogen) atoms. The highest BCUT2D eigenvalue weighted by atomic mass is 16.6. The van der Waals surface area contributed by atoms with Gasteiger partial charge < -0.3 is 9.84 Å². The number of aromatic carboxylic acids is 1. The van der Waals surface area contributed by atoms with Crippen molar-refractivity contribution in [3.63, 3.8) is 0 Å². The van der Waals surface area contributed by atoms with E-state index in [1.165, 1.54) is 6.07 Å². The number of hydrogen-bond donors (Lipinski definition) is 1. The van der Waals surface area contributed by atoms with Gasteiger partial charge in [-0.05, 0) is 57.9 Å². The fourth-order valence-electron chi connectivity index (χ4n) is 2.35. The molecule has 0 spiro atoms. The number of carbonyl (C=O) groups excluding carboxylic acids is 1. The summed E-state index contributed by atoms with van der Waals surface area (Å²) in [4.78, 5) is 24.8. The monoisotopic (exact) mass is 277 g/mol. The summed E-state index contributed by atoms with van der Waals surface area (Å²) in [6.07, 6.45) is 0.238. The minimum atomic E-state index is -0.962. The molecule has 1 atom stereocenters. The van der Waals surface area contributed by atoms with E-state index < -0.39 is 17.7 Å². The molecule has 0 saturated carbocycles. The number of carbonyl (C=O) groups is 2. The van der Waals surface area contributed by atoms with Gasteiger partial charge in [0.1, 0.15) is 5.60 Å². The second-order valence-electron chi connectivity index (χ2n) is 6.05. The molecule has 1 aromatic carbocycles. The average Bonchev–Trinajstić information content (AvgIpc) is 2.61. The average molecular weight is 277 g/mol. The molecule has 108 valence electrons. The van der Waals surface area contributed by atoms with Gasteiger partial charge in [0.25, 0.3) is 0 Å². The van der Waals surface area contributed by atoms with Crippen molar-refractivity contribution in [1.29, 1.82) is 0 Å². The molecule has 1 aliphatic rings. The van der Waals surface area contributed by atoms with Crippen LogP contribution in [-0.2, 0) is 11.2 Å². The van der Waals surface area contributed by atoms with Crippen molar-refractivity contribution >= 4 is 17.7 Å². The molecule has 0 fully saturated rings. The number of amides is 1. The van der Waals surface area contributed by atoms with Gasteiger partial charge in [-0.25, -0.2) is 9.59 Å². The van der Waals surface area contributed by atoms with Gasteiger partial charge in [-0.2, -0.15) is 0 Å². The first kappa shape index (κ1) is 14.4. The zero-order chi connectivity index (χ0) is 15.1. The van der Waals surface area contributed by atoms with Crippen LogP contribution < -0.4 is 4.90 Å². The summed E-state index contributed by atoms with van der Waals surface area (Å²) >= 11 is 0. The molecule has 0 aromatic heterocycles. The number of ether oxygens (including phenoxy) is 1. The quantitative estimate of drug-likeness (QED) is 0.856. The van der Waals surface area contributed by atoms with E-state index in [0.29, 0.717) is 6.42 Å². The molecule has 0 bridgehead atoms. The van der Waals surface area contributed by atoms with E-state index >= 15 is 0 Å². The highest BCUT2D eigenvalue weighted by Crippen LogP contribution is 2.34. The lowest BCUT2D eigenvalue weighted by atomic mass is 10.1. The van der Waals surface area contributed by atoms with E-state index in [-0.39, 0.29) is 11.6 Å². The molecule has 5 nitrogen and oxygen atoms in total. The Kier molecular flexibility index (Phi) is 3.46. The van der Waals surface area contributed by atoms with Gasteiger partial charge in [0.2, 0.25) is 0 Å². The van der Waals surface area contributed by atoms with Gasteiger partial charge in [0, 0.05) is 6.04 Å². The lowest BCUT2D eigenvalue weighted by Gasteiger charge is -2.27. The number of nitrogens with zero attached hydrogens (tertiary/aromatic N) is 1. The van der Waals surface area contributed by atoms with E-state index in [2.05, 4.69) is 0 Å². The second-order valence-corrected chi connectivity index (χ2v) is 6.05. The molecule has 1 aliphatic heterocycles. The lowest BCUT2D eigenvalue weighted by Crippen LogP contribution is -2.40. The molecule has 1 amide bonds. The van der Waals surface area contributed by atoms with Crippen LogP contribution in [0.25, 0.3) is 0 Å². The summed E-state index contributed by atoms with van der Waals surface area (Å²) in [6, 6.07) is 4.77. The van der Waals surface area contributed by atoms with E-state index in [1.807, 2.05) is 27.7 Å². The Balaban J connectivity index is 2.31. The third-order valence-electron chi connectivity index (χ3n) is 3.13. The highest BCUT2D eigenvalue weighted by molar-refractivity contribution is 5.94. The van der Waals surface area contributed by atoms with Gasteiger partial charge in [-0.3, -0.25) is 4.90 Å². The topological polar surface area (TPSA) is 66.8 Å². The fraction of sp³-hybridized carbons (Fsp3) is 0.467. The summed E-state index contributed by atoms with van der Waals surface area (Å²) in [5.41, 5.74) is 1.28. The minimum absolute atomic E-state index is 0.0381. The highest BCUT2D eigenvalue weighted by Gasteiger charge is 2.34. The molecule has 0 aliphatic carbocycles. The Labute approximate surface area is 118 Å². The van der Waals surface area contributed by atoms with Gasteiger partial charge in [-0.1, -0.05) is 0 Å². The van der Waals surface area contributed by atoms with E-state index in [1.54, 1.807) is 17.0 Å². The van der Waals surface area contributed by atoms with Crippen LogP contribution in [0.2, 0.25) is 0 Å². The van der Waals surface area contributed by atoms with Crippen LogP contribution in [0.3, 0.4) is 0 Å². The van der Waals surface area contributed by atoms with Crippen molar-refractivity contribution in [3.05, 3.63) is 29.3 Å². The summed E-state index contributed by atoms with van der Waals surface area (Å²) in [7, 11) is 0. The minimum Gasteiger partial charge on any atom is -0.478 e. The van der Waals surface area contributed by atoms with Crippen LogP contribution in [0.4, 0.5) is 10.5 Å². The van der Waals surface area contributed by atoms with Gasteiger partial charge in [0.15, 0.2) is 0 Å². The first-order chi connectivity index (χ1) is 9.19.